The molecule has 1 aromatic carbocycles. The maximum atomic E-state index is 12.4. The van der Waals surface area contributed by atoms with Crippen molar-refractivity contribution in [2.24, 2.45) is 0 Å². The van der Waals surface area contributed by atoms with Crippen LogP contribution >= 0.6 is 0 Å². The summed E-state index contributed by atoms with van der Waals surface area (Å²) in [4.78, 5) is 19.4. The summed E-state index contributed by atoms with van der Waals surface area (Å²) in [5.41, 5.74) is 1.02. The molecule has 1 aromatic heterocycles. The van der Waals surface area contributed by atoms with Gasteiger partial charge < -0.3 is 9.32 Å². The second-order valence-corrected chi connectivity index (χ2v) is 7.99. The van der Waals surface area contributed by atoms with Crippen molar-refractivity contribution in [2.45, 2.75) is 31.3 Å². The minimum atomic E-state index is 0.0653. The summed E-state index contributed by atoms with van der Waals surface area (Å²) in [6.07, 6.45) is 4.39. The van der Waals surface area contributed by atoms with Gasteiger partial charge >= 0.3 is 0 Å². The molecule has 0 bridgehead atoms. The molecule has 1 amide bonds. The van der Waals surface area contributed by atoms with E-state index in [1.807, 2.05) is 29.2 Å². The molecular weight excluding hydrogens is 338 g/mol. The van der Waals surface area contributed by atoms with Gasteiger partial charge in [-0.15, -0.1) is 6.58 Å². The Kier molecular flexibility index (Phi) is 5.06. The van der Waals surface area contributed by atoms with Crippen molar-refractivity contribution in [3.8, 4) is 0 Å². The number of carbonyl (C=O) groups excluding carboxylic acids is 1. The van der Waals surface area contributed by atoms with Crippen molar-refractivity contribution < 1.29 is 9.21 Å². The molecule has 144 valence electrons. The molecular formula is C22H29N3O2. The highest BCUT2D eigenvalue weighted by Crippen LogP contribution is 2.33. The Morgan fingerprint density at radius 3 is 2.89 bits per heavy atom. The predicted octanol–water partition coefficient (Wildman–Crippen LogP) is 3.12. The van der Waals surface area contributed by atoms with Crippen LogP contribution in [0.3, 0.4) is 0 Å². The van der Waals surface area contributed by atoms with Crippen molar-refractivity contribution in [1.82, 2.24) is 14.7 Å². The van der Waals surface area contributed by atoms with Gasteiger partial charge in [0.05, 0.1) is 6.54 Å². The zero-order chi connectivity index (χ0) is 18.9. The first-order valence-corrected chi connectivity index (χ1v) is 9.89. The summed E-state index contributed by atoms with van der Waals surface area (Å²) < 4.78 is 6.04. The lowest BCUT2D eigenvalue weighted by Crippen LogP contribution is -2.60. The van der Waals surface area contributed by atoms with Gasteiger partial charge in [0.1, 0.15) is 11.3 Å². The highest BCUT2D eigenvalue weighted by molar-refractivity contribution is 5.77. The molecule has 27 heavy (non-hydrogen) atoms. The molecule has 5 heteroatoms. The molecule has 2 saturated heterocycles. The lowest BCUT2D eigenvalue weighted by atomic mass is 9.86. The topological polar surface area (TPSA) is 39.9 Å². The van der Waals surface area contributed by atoms with Crippen molar-refractivity contribution in [1.29, 1.82) is 0 Å². The number of amides is 1. The SMILES string of the molecule is C=CCN1CC[C@@]2(CCC1=O)CN(Cc1cc3ccccc3o1)CCN2C. The van der Waals surface area contributed by atoms with E-state index in [1.54, 1.807) is 0 Å². The number of likely N-dealkylation sites (N-methyl/N-ethyl adjacent to an activating group) is 1. The van der Waals surface area contributed by atoms with Gasteiger partial charge in [-0.05, 0) is 32.0 Å². The van der Waals surface area contributed by atoms with Crippen LogP contribution in [0.15, 0.2) is 47.4 Å². The first kappa shape index (κ1) is 18.3. The number of benzene rings is 1. The standard InChI is InChI=1S/C22H29N3O2/c1-3-11-25-12-10-22(9-8-21(25)26)17-24(14-13-23(22)2)16-19-15-18-6-4-5-7-20(18)27-19/h3-7,15H,1,8-14,16-17H2,2H3/t22-/m0/s1. The molecule has 0 radical (unpaired) electrons. The number of piperazine rings is 1. The number of furan rings is 1. The van der Waals surface area contributed by atoms with Gasteiger partial charge in [-0.3, -0.25) is 14.6 Å². The Bertz CT molecular complexity index is 797. The van der Waals surface area contributed by atoms with E-state index >= 15 is 0 Å². The van der Waals surface area contributed by atoms with Crippen LogP contribution in [0.1, 0.15) is 25.0 Å². The molecule has 2 aliphatic heterocycles. The Balaban J connectivity index is 1.48. The normalized spacial score (nSPS) is 25.2. The fraction of sp³-hybridized carbons (Fsp3) is 0.500. The van der Waals surface area contributed by atoms with Crippen LogP contribution in [0.5, 0.6) is 0 Å². The number of rotatable bonds is 4. The highest BCUT2D eigenvalue weighted by Gasteiger charge is 2.42. The number of para-hydroxylation sites is 1. The molecule has 4 rings (SSSR count). The van der Waals surface area contributed by atoms with Crippen molar-refractivity contribution in [3.05, 3.63) is 48.7 Å². The Morgan fingerprint density at radius 2 is 2.07 bits per heavy atom. The van der Waals surface area contributed by atoms with E-state index in [0.717, 1.165) is 62.3 Å². The number of carbonyl (C=O) groups is 1. The maximum Gasteiger partial charge on any atom is 0.222 e. The molecule has 2 fully saturated rings. The Labute approximate surface area is 161 Å². The predicted molar refractivity (Wildman–Crippen MR) is 107 cm³/mol. The van der Waals surface area contributed by atoms with Gasteiger partial charge in [-0.25, -0.2) is 0 Å². The smallest absolute Gasteiger partial charge is 0.222 e. The zero-order valence-corrected chi connectivity index (χ0v) is 16.2. The highest BCUT2D eigenvalue weighted by atomic mass is 16.3. The summed E-state index contributed by atoms with van der Waals surface area (Å²) in [5, 5.41) is 1.16. The summed E-state index contributed by atoms with van der Waals surface area (Å²) in [6, 6.07) is 10.3. The summed E-state index contributed by atoms with van der Waals surface area (Å²) in [7, 11) is 2.21. The van der Waals surface area contributed by atoms with E-state index in [0.29, 0.717) is 13.0 Å². The number of fused-ring (bicyclic) bond motifs is 1. The molecule has 0 saturated carbocycles. The number of likely N-dealkylation sites (tertiary alicyclic amines) is 1. The lowest BCUT2D eigenvalue weighted by Gasteiger charge is -2.49. The van der Waals surface area contributed by atoms with Crippen molar-refractivity contribution in [3.63, 3.8) is 0 Å². The number of nitrogens with zero attached hydrogens (tertiary/aromatic N) is 3. The molecule has 0 aliphatic carbocycles. The van der Waals surface area contributed by atoms with Crippen LogP contribution in [0.25, 0.3) is 11.0 Å². The van der Waals surface area contributed by atoms with E-state index in [4.69, 9.17) is 4.42 Å². The van der Waals surface area contributed by atoms with Crippen LogP contribution in [0, 0.1) is 0 Å². The average molecular weight is 367 g/mol. The first-order valence-electron chi connectivity index (χ1n) is 9.89. The van der Waals surface area contributed by atoms with E-state index in [-0.39, 0.29) is 11.4 Å². The van der Waals surface area contributed by atoms with E-state index in [1.165, 1.54) is 0 Å². The minimum Gasteiger partial charge on any atom is -0.460 e. The van der Waals surface area contributed by atoms with Gasteiger partial charge in [0.25, 0.3) is 0 Å². The number of hydrogen-bond acceptors (Lipinski definition) is 4. The van der Waals surface area contributed by atoms with Crippen molar-refractivity contribution in [2.75, 3.05) is 39.8 Å². The third kappa shape index (κ3) is 3.66. The van der Waals surface area contributed by atoms with Crippen LogP contribution in [0.4, 0.5) is 0 Å². The second-order valence-electron chi connectivity index (χ2n) is 7.99. The van der Waals surface area contributed by atoms with Crippen molar-refractivity contribution >= 4 is 16.9 Å². The summed E-state index contributed by atoms with van der Waals surface area (Å²) >= 11 is 0. The van der Waals surface area contributed by atoms with Gasteiger partial charge in [0, 0.05) is 50.1 Å². The average Bonchev–Trinajstić information content (AvgIpc) is 3.01. The van der Waals surface area contributed by atoms with E-state index in [9.17, 15) is 4.79 Å². The molecule has 1 atom stereocenters. The third-order valence-electron chi connectivity index (χ3n) is 6.29. The van der Waals surface area contributed by atoms with Gasteiger partial charge in [0.15, 0.2) is 0 Å². The van der Waals surface area contributed by atoms with Gasteiger partial charge in [-0.1, -0.05) is 24.3 Å². The van der Waals surface area contributed by atoms with Crippen LogP contribution < -0.4 is 0 Å². The summed E-state index contributed by atoms with van der Waals surface area (Å²) in [5.74, 6) is 1.28. The largest absolute Gasteiger partial charge is 0.460 e. The third-order valence-corrected chi connectivity index (χ3v) is 6.29. The van der Waals surface area contributed by atoms with Crippen LogP contribution in [-0.4, -0.2) is 65.9 Å². The summed E-state index contributed by atoms with van der Waals surface area (Å²) in [6.45, 7) is 9.12. The molecule has 2 aliphatic rings. The molecule has 0 N–H and O–H groups in total. The molecule has 3 heterocycles. The van der Waals surface area contributed by atoms with Crippen LogP contribution in [-0.2, 0) is 11.3 Å². The minimum absolute atomic E-state index is 0.0653. The fourth-order valence-corrected chi connectivity index (χ4v) is 4.59. The van der Waals surface area contributed by atoms with Gasteiger partial charge in [-0.2, -0.15) is 0 Å². The maximum absolute atomic E-state index is 12.4. The van der Waals surface area contributed by atoms with Gasteiger partial charge in [0.2, 0.25) is 5.91 Å². The monoisotopic (exact) mass is 367 g/mol. The molecule has 0 unspecified atom stereocenters. The Morgan fingerprint density at radius 1 is 1.22 bits per heavy atom. The fourth-order valence-electron chi connectivity index (χ4n) is 4.59. The molecule has 5 nitrogen and oxygen atoms in total. The Hall–Kier alpha value is -2.11. The molecule has 1 spiro atoms. The first-order chi connectivity index (χ1) is 13.1. The number of hydrogen-bond donors (Lipinski definition) is 0. The van der Waals surface area contributed by atoms with E-state index in [2.05, 4.69) is 35.6 Å². The zero-order valence-electron chi connectivity index (χ0n) is 16.2. The second kappa shape index (κ2) is 7.49. The van der Waals surface area contributed by atoms with E-state index < -0.39 is 0 Å². The quantitative estimate of drug-likeness (QED) is 0.779. The lowest BCUT2D eigenvalue weighted by molar-refractivity contribution is -0.130. The molecule has 2 aromatic rings. The van der Waals surface area contributed by atoms with Crippen LogP contribution in [0.2, 0.25) is 0 Å².